The lowest BCUT2D eigenvalue weighted by atomic mass is 10.0. The molecule has 0 spiro atoms. The van der Waals surface area contributed by atoms with Crippen LogP contribution in [0.4, 0.5) is 11.4 Å². The second-order valence-corrected chi connectivity index (χ2v) is 9.09. The molecule has 2 amide bonds. The van der Waals surface area contributed by atoms with E-state index in [-0.39, 0.29) is 16.7 Å². The van der Waals surface area contributed by atoms with Crippen LogP contribution >= 0.6 is 11.6 Å². The van der Waals surface area contributed by atoms with Gasteiger partial charge in [0.2, 0.25) is 11.8 Å². The molecule has 0 fully saturated rings. The first-order chi connectivity index (χ1) is 13.5. The summed E-state index contributed by atoms with van der Waals surface area (Å²) in [5, 5.41) is 5.77. The maximum atomic E-state index is 12.8. The molecule has 0 radical (unpaired) electrons. The lowest BCUT2D eigenvalue weighted by molar-refractivity contribution is -0.126. The fourth-order valence-corrected chi connectivity index (χ4v) is 4.13. The SMILES string of the molecule is CC(=O)N[C@H](C(=O)Nc1ccc(C)c(S(=O)(=O)Nc2ccc(Cl)cc2)c1)C(C)C. The maximum absolute atomic E-state index is 12.8. The van der Waals surface area contributed by atoms with E-state index in [1.165, 1.54) is 13.0 Å². The summed E-state index contributed by atoms with van der Waals surface area (Å²) in [6, 6.07) is 10.1. The summed E-state index contributed by atoms with van der Waals surface area (Å²) in [4.78, 5) is 23.9. The van der Waals surface area contributed by atoms with E-state index in [0.717, 1.165) is 0 Å². The molecular weight excluding hydrogens is 414 g/mol. The third kappa shape index (κ3) is 6.20. The van der Waals surface area contributed by atoms with Crippen molar-refractivity contribution in [1.29, 1.82) is 0 Å². The zero-order chi connectivity index (χ0) is 21.8. The lowest BCUT2D eigenvalue weighted by Gasteiger charge is -2.21. The summed E-state index contributed by atoms with van der Waals surface area (Å²) in [5.74, 6) is -0.884. The molecule has 1 atom stereocenters. The number of halogens is 1. The second-order valence-electron chi connectivity index (χ2n) is 7.00. The Bertz CT molecular complexity index is 1000. The minimum atomic E-state index is -3.88. The summed E-state index contributed by atoms with van der Waals surface area (Å²) in [6.45, 7) is 6.61. The minimum Gasteiger partial charge on any atom is -0.344 e. The van der Waals surface area contributed by atoms with Gasteiger partial charge in [0.15, 0.2) is 0 Å². The quantitative estimate of drug-likeness (QED) is 0.616. The van der Waals surface area contributed by atoms with Crippen molar-refractivity contribution in [1.82, 2.24) is 5.32 Å². The number of anilines is 2. The number of hydrogen-bond acceptors (Lipinski definition) is 4. The smallest absolute Gasteiger partial charge is 0.262 e. The van der Waals surface area contributed by atoms with E-state index in [2.05, 4.69) is 15.4 Å². The third-order valence-corrected chi connectivity index (χ3v) is 5.92. The maximum Gasteiger partial charge on any atom is 0.262 e. The number of carbonyl (C=O) groups is 2. The molecule has 0 saturated carbocycles. The van der Waals surface area contributed by atoms with Gasteiger partial charge < -0.3 is 10.6 Å². The van der Waals surface area contributed by atoms with Gasteiger partial charge in [-0.15, -0.1) is 0 Å². The summed E-state index contributed by atoms with van der Waals surface area (Å²) in [5.41, 5.74) is 1.20. The summed E-state index contributed by atoms with van der Waals surface area (Å²) in [7, 11) is -3.88. The summed E-state index contributed by atoms with van der Waals surface area (Å²) < 4.78 is 28.1. The molecule has 0 aliphatic carbocycles. The molecule has 0 heterocycles. The number of hydrogen-bond donors (Lipinski definition) is 3. The van der Waals surface area contributed by atoms with Crippen molar-refractivity contribution < 1.29 is 18.0 Å². The van der Waals surface area contributed by atoms with Gasteiger partial charge in [0.25, 0.3) is 10.0 Å². The van der Waals surface area contributed by atoms with Crippen LogP contribution in [0.3, 0.4) is 0 Å². The van der Waals surface area contributed by atoms with Crippen LogP contribution in [0.15, 0.2) is 47.4 Å². The molecule has 29 heavy (non-hydrogen) atoms. The number of benzene rings is 2. The first-order valence-corrected chi connectivity index (χ1v) is 10.8. The molecule has 156 valence electrons. The van der Waals surface area contributed by atoms with Gasteiger partial charge >= 0.3 is 0 Å². The highest BCUT2D eigenvalue weighted by Gasteiger charge is 2.24. The number of amides is 2. The Morgan fingerprint density at radius 2 is 1.59 bits per heavy atom. The van der Waals surface area contributed by atoms with Gasteiger partial charge in [-0.25, -0.2) is 8.42 Å². The first kappa shape index (κ1) is 22.7. The molecule has 0 saturated heterocycles. The molecule has 0 aliphatic rings. The highest BCUT2D eigenvalue weighted by atomic mass is 35.5. The van der Waals surface area contributed by atoms with Crippen LogP contribution in [-0.2, 0) is 19.6 Å². The number of carbonyl (C=O) groups excluding carboxylic acids is 2. The predicted molar refractivity (Wildman–Crippen MR) is 115 cm³/mol. The minimum absolute atomic E-state index is 0.0332. The number of nitrogens with one attached hydrogen (secondary N) is 3. The van der Waals surface area contributed by atoms with E-state index >= 15 is 0 Å². The summed E-state index contributed by atoms with van der Waals surface area (Å²) >= 11 is 5.83. The zero-order valence-corrected chi connectivity index (χ0v) is 18.2. The molecule has 0 aromatic heterocycles. The molecule has 3 N–H and O–H groups in total. The Hall–Kier alpha value is -2.58. The fourth-order valence-electron chi connectivity index (χ4n) is 2.67. The van der Waals surface area contributed by atoms with E-state index in [1.54, 1.807) is 57.2 Å². The molecule has 2 aromatic rings. The third-order valence-electron chi connectivity index (χ3n) is 4.15. The number of aryl methyl sites for hydroxylation is 1. The van der Waals surface area contributed by atoms with Crippen LogP contribution < -0.4 is 15.4 Å². The number of rotatable bonds is 7. The average molecular weight is 438 g/mol. The van der Waals surface area contributed by atoms with Crippen LogP contribution in [0.2, 0.25) is 5.02 Å². The van der Waals surface area contributed by atoms with Crippen molar-refractivity contribution in [3.05, 3.63) is 53.1 Å². The van der Waals surface area contributed by atoms with Crippen LogP contribution in [0.1, 0.15) is 26.3 Å². The highest BCUT2D eigenvalue weighted by Crippen LogP contribution is 2.24. The Morgan fingerprint density at radius 3 is 2.14 bits per heavy atom. The summed E-state index contributed by atoms with van der Waals surface area (Å²) in [6.07, 6.45) is 0. The van der Waals surface area contributed by atoms with Gasteiger partial charge in [-0.3, -0.25) is 14.3 Å². The molecule has 7 nitrogen and oxygen atoms in total. The molecular formula is C20H24ClN3O4S. The van der Waals surface area contributed by atoms with E-state index in [1.807, 2.05) is 0 Å². The van der Waals surface area contributed by atoms with Gasteiger partial charge in [-0.05, 0) is 54.8 Å². The van der Waals surface area contributed by atoms with E-state index in [4.69, 9.17) is 11.6 Å². The highest BCUT2D eigenvalue weighted by molar-refractivity contribution is 7.92. The van der Waals surface area contributed by atoms with Crippen molar-refractivity contribution >= 4 is 44.8 Å². The number of sulfonamides is 1. The van der Waals surface area contributed by atoms with Crippen molar-refractivity contribution in [2.75, 3.05) is 10.0 Å². The van der Waals surface area contributed by atoms with Crippen molar-refractivity contribution in [3.63, 3.8) is 0 Å². The van der Waals surface area contributed by atoms with Gasteiger partial charge in [-0.1, -0.05) is 31.5 Å². The molecule has 2 aromatic carbocycles. The van der Waals surface area contributed by atoms with Gasteiger partial charge in [0, 0.05) is 23.3 Å². The van der Waals surface area contributed by atoms with E-state index in [9.17, 15) is 18.0 Å². The topological polar surface area (TPSA) is 104 Å². The lowest BCUT2D eigenvalue weighted by Crippen LogP contribution is -2.46. The van der Waals surface area contributed by atoms with Gasteiger partial charge in [0.05, 0.1) is 4.90 Å². The van der Waals surface area contributed by atoms with Gasteiger partial charge in [0.1, 0.15) is 6.04 Å². The Labute approximate surface area is 175 Å². The standard InChI is InChI=1S/C20H24ClN3O4S/c1-12(2)19(22-14(4)25)20(26)23-17-8-5-13(3)18(11-17)29(27,28)24-16-9-6-15(21)7-10-16/h5-12,19,24H,1-4H3,(H,22,25)(H,23,26)/t19-/m0/s1. The van der Waals surface area contributed by atoms with Crippen molar-refractivity contribution in [3.8, 4) is 0 Å². The molecule has 0 unspecified atom stereocenters. The van der Waals surface area contributed by atoms with Crippen molar-refractivity contribution in [2.45, 2.75) is 38.6 Å². The van der Waals surface area contributed by atoms with Gasteiger partial charge in [-0.2, -0.15) is 0 Å². The van der Waals surface area contributed by atoms with E-state index < -0.39 is 22.0 Å². The second kappa shape index (κ2) is 9.28. The average Bonchev–Trinajstić information content (AvgIpc) is 2.62. The predicted octanol–water partition coefficient (Wildman–Crippen LogP) is 3.55. The van der Waals surface area contributed by atoms with Crippen LogP contribution in [0.25, 0.3) is 0 Å². The normalized spacial score (nSPS) is 12.3. The molecule has 9 heteroatoms. The van der Waals surface area contributed by atoms with E-state index in [0.29, 0.717) is 22.0 Å². The molecule has 0 bridgehead atoms. The first-order valence-electron chi connectivity index (χ1n) is 8.96. The monoisotopic (exact) mass is 437 g/mol. The molecule has 2 rings (SSSR count). The Balaban J connectivity index is 2.27. The zero-order valence-electron chi connectivity index (χ0n) is 16.6. The molecule has 0 aliphatic heterocycles. The van der Waals surface area contributed by atoms with Crippen LogP contribution in [-0.4, -0.2) is 26.3 Å². The van der Waals surface area contributed by atoms with Crippen LogP contribution in [0.5, 0.6) is 0 Å². The van der Waals surface area contributed by atoms with Crippen LogP contribution in [0, 0.1) is 12.8 Å². The largest absolute Gasteiger partial charge is 0.344 e. The van der Waals surface area contributed by atoms with Crippen molar-refractivity contribution in [2.24, 2.45) is 5.92 Å². The Morgan fingerprint density at radius 1 is 1.00 bits per heavy atom. The fraction of sp³-hybridized carbons (Fsp3) is 0.300. The Kier molecular flexibility index (Phi) is 7.26.